The second-order valence-electron chi connectivity index (χ2n) is 8.46. The summed E-state index contributed by atoms with van der Waals surface area (Å²) in [6.45, 7) is 7.68. The third kappa shape index (κ3) is 4.04. The van der Waals surface area contributed by atoms with Crippen molar-refractivity contribution >= 4 is 16.9 Å². The Morgan fingerprint density at radius 1 is 1.07 bits per heavy atom. The molecule has 2 aromatic heterocycles. The number of carbonyl (C=O) groups is 1. The molecule has 0 aliphatic carbocycles. The average Bonchev–Trinajstić information content (AvgIpc) is 2.99. The van der Waals surface area contributed by atoms with Crippen LogP contribution in [0, 0.1) is 26.7 Å². The summed E-state index contributed by atoms with van der Waals surface area (Å²) in [5, 5.41) is 5.40. The predicted molar refractivity (Wildman–Crippen MR) is 116 cm³/mol. The molecule has 0 saturated carbocycles. The summed E-state index contributed by atoms with van der Waals surface area (Å²) in [6.07, 6.45) is 4.49. The smallest absolute Gasteiger partial charge is 0.255 e. The molecule has 3 heterocycles. The van der Waals surface area contributed by atoms with E-state index in [0.29, 0.717) is 11.5 Å². The zero-order chi connectivity index (χ0) is 20.5. The molecule has 29 heavy (non-hydrogen) atoms. The summed E-state index contributed by atoms with van der Waals surface area (Å²) in [7, 11) is 1.89. The van der Waals surface area contributed by atoms with Gasteiger partial charge in [-0.3, -0.25) is 9.48 Å². The maximum atomic E-state index is 13.2. The number of fused-ring (bicyclic) bond motifs is 1. The first-order valence-electron chi connectivity index (χ1n) is 10.6. The number of aryl methyl sites for hydroxylation is 5. The topological polar surface area (TPSA) is 51.0 Å². The molecule has 1 saturated heterocycles. The normalized spacial score (nSPS) is 15.2. The number of pyridine rings is 1. The lowest BCUT2D eigenvalue weighted by atomic mass is 9.90. The van der Waals surface area contributed by atoms with Crippen LogP contribution in [0.25, 0.3) is 11.0 Å². The van der Waals surface area contributed by atoms with Crippen LogP contribution in [0.5, 0.6) is 0 Å². The summed E-state index contributed by atoms with van der Waals surface area (Å²) in [6, 6.07) is 10.8. The number of likely N-dealkylation sites (tertiary alicyclic amines) is 1. The number of benzene rings is 1. The Morgan fingerprint density at radius 3 is 2.45 bits per heavy atom. The van der Waals surface area contributed by atoms with Crippen molar-refractivity contribution < 1.29 is 4.79 Å². The Balaban J connectivity index is 1.39. The van der Waals surface area contributed by atoms with Gasteiger partial charge in [-0.05, 0) is 64.0 Å². The first-order valence-corrected chi connectivity index (χ1v) is 10.6. The van der Waals surface area contributed by atoms with Gasteiger partial charge < -0.3 is 4.90 Å². The summed E-state index contributed by atoms with van der Waals surface area (Å²) in [4.78, 5) is 19.8. The SMILES string of the molecule is Cc1ccc(CCC2CCN(C(=O)c3cc4c(C)nn(C)c4nc3C)CC2)cc1. The summed E-state index contributed by atoms with van der Waals surface area (Å²) >= 11 is 0. The molecule has 5 heteroatoms. The number of carbonyl (C=O) groups excluding carboxylic acids is 1. The largest absolute Gasteiger partial charge is 0.339 e. The second-order valence-corrected chi connectivity index (χ2v) is 8.46. The Labute approximate surface area is 172 Å². The van der Waals surface area contributed by atoms with Gasteiger partial charge in [0.05, 0.1) is 17.0 Å². The van der Waals surface area contributed by atoms with Gasteiger partial charge in [-0.1, -0.05) is 29.8 Å². The molecule has 0 N–H and O–H groups in total. The highest BCUT2D eigenvalue weighted by molar-refractivity contribution is 5.98. The van der Waals surface area contributed by atoms with E-state index in [9.17, 15) is 4.79 Å². The van der Waals surface area contributed by atoms with Crippen LogP contribution in [0.2, 0.25) is 0 Å². The fourth-order valence-electron chi connectivity index (χ4n) is 4.37. The number of rotatable bonds is 4. The Bertz CT molecular complexity index is 1030. The number of nitrogens with zero attached hydrogens (tertiary/aromatic N) is 4. The summed E-state index contributed by atoms with van der Waals surface area (Å²) < 4.78 is 1.78. The maximum Gasteiger partial charge on any atom is 0.255 e. The van der Waals surface area contributed by atoms with Gasteiger partial charge >= 0.3 is 0 Å². The maximum absolute atomic E-state index is 13.2. The van der Waals surface area contributed by atoms with E-state index in [1.807, 2.05) is 31.9 Å². The van der Waals surface area contributed by atoms with Gasteiger partial charge in [-0.2, -0.15) is 5.10 Å². The average molecular weight is 391 g/mol. The lowest BCUT2D eigenvalue weighted by molar-refractivity contribution is 0.0686. The lowest BCUT2D eigenvalue weighted by Gasteiger charge is -2.32. The van der Waals surface area contributed by atoms with Gasteiger partial charge in [-0.25, -0.2) is 4.98 Å². The van der Waals surface area contributed by atoms with E-state index in [2.05, 4.69) is 41.3 Å². The van der Waals surface area contributed by atoms with Crippen molar-refractivity contribution in [1.29, 1.82) is 0 Å². The van der Waals surface area contributed by atoms with Crippen molar-refractivity contribution in [2.75, 3.05) is 13.1 Å². The Kier molecular flexibility index (Phi) is 5.39. The van der Waals surface area contributed by atoms with E-state index in [4.69, 9.17) is 0 Å². The van der Waals surface area contributed by atoms with Gasteiger partial charge in [0.2, 0.25) is 0 Å². The molecule has 1 aliphatic heterocycles. The van der Waals surface area contributed by atoms with Crippen LogP contribution in [-0.2, 0) is 13.5 Å². The molecular weight excluding hydrogens is 360 g/mol. The number of hydrogen-bond donors (Lipinski definition) is 0. The van der Waals surface area contributed by atoms with Gasteiger partial charge in [0, 0.05) is 25.5 Å². The molecule has 1 aromatic carbocycles. The van der Waals surface area contributed by atoms with Gasteiger partial charge in [0.15, 0.2) is 5.65 Å². The minimum Gasteiger partial charge on any atom is -0.339 e. The minimum absolute atomic E-state index is 0.108. The van der Waals surface area contributed by atoms with Crippen molar-refractivity contribution in [2.24, 2.45) is 13.0 Å². The van der Waals surface area contributed by atoms with E-state index >= 15 is 0 Å². The van der Waals surface area contributed by atoms with Crippen molar-refractivity contribution in [3.63, 3.8) is 0 Å². The lowest BCUT2D eigenvalue weighted by Crippen LogP contribution is -2.39. The van der Waals surface area contributed by atoms with Crippen LogP contribution in [0.1, 0.15) is 52.1 Å². The molecule has 0 spiro atoms. The molecule has 4 rings (SSSR count). The molecule has 1 aliphatic rings. The summed E-state index contributed by atoms with van der Waals surface area (Å²) in [5.74, 6) is 0.805. The highest BCUT2D eigenvalue weighted by atomic mass is 16.2. The second kappa shape index (κ2) is 7.97. The highest BCUT2D eigenvalue weighted by Gasteiger charge is 2.25. The van der Waals surface area contributed by atoms with E-state index < -0.39 is 0 Å². The van der Waals surface area contributed by atoms with Crippen molar-refractivity contribution in [1.82, 2.24) is 19.7 Å². The number of amides is 1. The fraction of sp³-hybridized carbons (Fsp3) is 0.458. The quantitative estimate of drug-likeness (QED) is 0.664. The zero-order valence-electron chi connectivity index (χ0n) is 17.9. The third-order valence-electron chi connectivity index (χ3n) is 6.28. The molecule has 0 bridgehead atoms. The third-order valence-corrected chi connectivity index (χ3v) is 6.28. The molecule has 1 amide bonds. The molecule has 152 valence electrons. The van der Waals surface area contributed by atoms with Gasteiger partial charge in [0.1, 0.15) is 0 Å². The Hall–Kier alpha value is -2.69. The van der Waals surface area contributed by atoms with E-state index in [1.165, 1.54) is 17.5 Å². The molecule has 1 fully saturated rings. The van der Waals surface area contributed by atoms with E-state index in [-0.39, 0.29) is 5.91 Å². The van der Waals surface area contributed by atoms with Gasteiger partial charge in [-0.15, -0.1) is 0 Å². The van der Waals surface area contributed by atoms with Crippen LogP contribution in [0.4, 0.5) is 0 Å². The molecule has 0 atom stereocenters. The predicted octanol–water partition coefficient (Wildman–Crippen LogP) is 4.38. The molecule has 0 unspecified atom stereocenters. The van der Waals surface area contributed by atoms with Crippen LogP contribution < -0.4 is 0 Å². The highest BCUT2D eigenvalue weighted by Crippen LogP contribution is 2.26. The van der Waals surface area contributed by atoms with Crippen molar-refractivity contribution in [3.8, 4) is 0 Å². The first kappa shape index (κ1) is 19.6. The van der Waals surface area contributed by atoms with Crippen molar-refractivity contribution in [2.45, 2.75) is 46.5 Å². The number of hydrogen-bond acceptors (Lipinski definition) is 3. The molecule has 0 radical (unpaired) electrons. The Morgan fingerprint density at radius 2 is 1.76 bits per heavy atom. The van der Waals surface area contributed by atoms with Crippen LogP contribution in [-0.4, -0.2) is 38.7 Å². The van der Waals surface area contributed by atoms with Crippen LogP contribution in [0.15, 0.2) is 30.3 Å². The molecular formula is C24H30N4O. The van der Waals surface area contributed by atoms with Gasteiger partial charge in [0.25, 0.3) is 5.91 Å². The minimum atomic E-state index is 0.108. The number of piperidine rings is 1. The van der Waals surface area contributed by atoms with E-state index in [1.54, 1.807) is 4.68 Å². The summed E-state index contributed by atoms with van der Waals surface area (Å²) in [5.41, 5.74) is 5.98. The molecule has 5 nitrogen and oxygen atoms in total. The standard InChI is InChI=1S/C24H30N4O/c1-16-5-7-19(8-6-16)9-10-20-11-13-28(14-12-20)24(29)22-15-21-18(3)26-27(4)23(21)25-17(22)2/h5-8,15,20H,9-14H2,1-4H3. The van der Waals surface area contributed by atoms with Crippen molar-refractivity contribution in [3.05, 3.63) is 58.4 Å². The monoisotopic (exact) mass is 390 g/mol. The fourth-order valence-corrected chi connectivity index (χ4v) is 4.37. The first-order chi connectivity index (χ1) is 13.9. The van der Waals surface area contributed by atoms with Crippen LogP contribution >= 0.6 is 0 Å². The number of aromatic nitrogens is 3. The molecule has 3 aromatic rings. The van der Waals surface area contributed by atoms with Crippen LogP contribution in [0.3, 0.4) is 0 Å². The van der Waals surface area contributed by atoms with E-state index in [0.717, 1.165) is 54.8 Å². The zero-order valence-corrected chi connectivity index (χ0v) is 17.9.